The van der Waals surface area contributed by atoms with Gasteiger partial charge in [0.2, 0.25) is 5.75 Å². The van der Waals surface area contributed by atoms with Gasteiger partial charge in [0.1, 0.15) is 12.2 Å². The fourth-order valence-corrected chi connectivity index (χ4v) is 2.23. The lowest BCUT2D eigenvalue weighted by Crippen LogP contribution is -2.09. The lowest BCUT2D eigenvalue weighted by Gasteiger charge is -2.10. The summed E-state index contributed by atoms with van der Waals surface area (Å²) in [5.74, 6) is 0.201. The molecule has 0 N–H and O–H groups in total. The predicted octanol–water partition coefficient (Wildman–Crippen LogP) is 4.02. The van der Waals surface area contributed by atoms with Gasteiger partial charge in [0.05, 0.1) is 0 Å². The van der Waals surface area contributed by atoms with Crippen LogP contribution in [0.2, 0.25) is 0 Å². The van der Waals surface area contributed by atoms with E-state index in [2.05, 4.69) is 6.58 Å². The van der Waals surface area contributed by atoms with Crippen LogP contribution in [0.25, 0.3) is 17.0 Å². The van der Waals surface area contributed by atoms with Crippen molar-refractivity contribution in [2.24, 2.45) is 0 Å². The first-order valence-corrected chi connectivity index (χ1v) is 6.64. The Labute approximate surface area is 122 Å². The Morgan fingerprint density at radius 3 is 2.52 bits per heavy atom. The summed E-state index contributed by atoms with van der Waals surface area (Å²) in [4.78, 5) is 12.1. The maximum absolute atomic E-state index is 12.1. The zero-order valence-corrected chi connectivity index (χ0v) is 11.4. The second-order valence-electron chi connectivity index (χ2n) is 4.61. The molecule has 1 heterocycles. The normalized spacial score (nSPS) is 10.5. The van der Waals surface area contributed by atoms with E-state index in [0.29, 0.717) is 17.8 Å². The second kappa shape index (κ2) is 5.67. The van der Waals surface area contributed by atoms with Gasteiger partial charge in [-0.05, 0) is 11.6 Å². The van der Waals surface area contributed by atoms with Crippen molar-refractivity contribution in [2.45, 2.75) is 6.61 Å². The van der Waals surface area contributed by atoms with Gasteiger partial charge >= 0.3 is 5.63 Å². The van der Waals surface area contributed by atoms with Gasteiger partial charge < -0.3 is 9.15 Å². The van der Waals surface area contributed by atoms with E-state index in [0.717, 1.165) is 10.9 Å². The van der Waals surface area contributed by atoms with Crippen molar-refractivity contribution in [2.75, 3.05) is 0 Å². The highest BCUT2D eigenvalue weighted by Gasteiger charge is 2.13. The van der Waals surface area contributed by atoms with E-state index in [1.165, 1.54) is 0 Å². The molecule has 0 aliphatic heterocycles. The molecule has 2 aromatic carbocycles. The molecule has 3 heteroatoms. The lowest BCUT2D eigenvalue weighted by molar-refractivity contribution is 0.290. The Hall–Kier alpha value is -2.81. The third kappa shape index (κ3) is 2.58. The summed E-state index contributed by atoms with van der Waals surface area (Å²) in [5, 5.41) is 0.815. The topological polar surface area (TPSA) is 39.4 Å². The maximum atomic E-state index is 12.1. The van der Waals surface area contributed by atoms with E-state index in [-0.39, 0.29) is 5.75 Å². The van der Waals surface area contributed by atoms with Gasteiger partial charge in [-0.1, -0.05) is 61.2 Å². The van der Waals surface area contributed by atoms with Crippen molar-refractivity contribution in [3.8, 4) is 5.75 Å². The molecule has 0 spiro atoms. The number of benzene rings is 2. The van der Waals surface area contributed by atoms with Crippen LogP contribution in [-0.2, 0) is 6.61 Å². The van der Waals surface area contributed by atoms with Crippen molar-refractivity contribution in [1.82, 2.24) is 0 Å². The molecule has 3 aromatic rings. The van der Waals surface area contributed by atoms with Crippen LogP contribution in [0.15, 0.2) is 70.4 Å². The maximum Gasteiger partial charge on any atom is 0.379 e. The van der Waals surface area contributed by atoms with Gasteiger partial charge in [0, 0.05) is 10.9 Å². The zero-order valence-electron chi connectivity index (χ0n) is 11.4. The number of hydrogen-bond acceptors (Lipinski definition) is 3. The SMILES string of the molecule is C=Cc1c(OCc2ccccc2)c(=O)oc2ccccc12. The Morgan fingerprint density at radius 2 is 1.76 bits per heavy atom. The molecular formula is C18H14O3. The highest BCUT2D eigenvalue weighted by Crippen LogP contribution is 2.26. The molecule has 0 amide bonds. The third-order valence-corrected chi connectivity index (χ3v) is 3.24. The van der Waals surface area contributed by atoms with E-state index in [1.807, 2.05) is 48.5 Å². The summed E-state index contributed by atoms with van der Waals surface area (Å²) in [6.07, 6.45) is 1.62. The molecule has 0 atom stereocenters. The van der Waals surface area contributed by atoms with Crippen LogP contribution in [0.1, 0.15) is 11.1 Å². The summed E-state index contributed by atoms with van der Waals surface area (Å²) < 4.78 is 11.0. The predicted molar refractivity (Wildman–Crippen MR) is 83.3 cm³/mol. The molecule has 0 unspecified atom stereocenters. The highest BCUT2D eigenvalue weighted by atomic mass is 16.5. The highest BCUT2D eigenvalue weighted by molar-refractivity contribution is 5.88. The van der Waals surface area contributed by atoms with Crippen LogP contribution >= 0.6 is 0 Å². The first kappa shape index (κ1) is 13.2. The van der Waals surface area contributed by atoms with Crippen LogP contribution in [-0.4, -0.2) is 0 Å². The summed E-state index contributed by atoms with van der Waals surface area (Å²) >= 11 is 0. The largest absolute Gasteiger partial charge is 0.481 e. The first-order chi connectivity index (χ1) is 10.3. The molecule has 104 valence electrons. The Kier molecular flexibility index (Phi) is 3.56. The third-order valence-electron chi connectivity index (χ3n) is 3.24. The summed E-state index contributed by atoms with van der Waals surface area (Å²) in [7, 11) is 0. The molecule has 1 aromatic heterocycles. The molecule has 0 radical (unpaired) electrons. The standard InChI is InChI=1S/C18H14O3/c1-2-14-15-10-6-7-11-16(15)21-18(19)17(14)20-12-13-8-4-3-5-9-13/h2-11H,1,12H2. The number of ether oxygens (including phenoxy) is 1. The smallest absolute Gasteiger partial charge is 0.379 e. The van der Waals surface area contributed by atoms with Crippen molar-refractivity contribution in [1.29, 1.82) is 0 Å². The van der Waals surface area contributed by atoms with Crippen LogP contribution in [0.3, 0.4) is 0 Å². The van der Waals surface area contributed by atoms with E-state index in [9.17, 15) is 4.79 Å². The van der Waals surface area contributed by atoms with Crippen LogP contribution in [0.4, 0.5) is 0 Å². The van der Waals surface area contributed by atoms with E-state index >= 15 is 0 Å². The minimum atomic E-state index is -0.487. The van der Waals surface area contributed by atoms with Gasteiger partial charge in [0.25, 0.3) is 0 Å². The van der Waals surface area contributed by atoms with Crippen molar-refractivity contribution >= 4 is 17.0 Å². The van der Waals surface area contributed by atoms with Crippen LogP contribution < -0.4 is 10.4 Å². The fourth-order valence-electron chi connectivity index (χ4n) is 2.23. The minimum Gasteiger partial charge on any atom is -0.481 e. The van der Waals surface area contributed by atoms with E-state index in [1.54, 1.807) is 12.1 Å². The molecule has 0 aliphatic rings. The molecule has 0 aliphatic carbocycles. The van der Waals surface area contributed by atoms with Crippen LogP contribution in [0, 0.1) is 0 Å². The molecular weight excluding hydrogens is 264 g/mol. The van der Waals surface area contributed by atoms with Gasteiger partial charge in [-0.2, -0.15) is 0 Å². The van der Waals surface area contributed by atoms with Gasteiger partial charge in [-0.15, -0.1) is 0 Å². The molecule has 0 fully saturated rings. The van der Waals surface area contributed by atoms with Gasteiger partial charge in [-0.3, -0.25) is 0 Å². The first-order valence-electron chi connectivity index (χ1n) is 6.64. The number of para-hydroxylation sites is 1. The van der Waals surface area contributed by atoms with Gasteiger partial charge in [0.15, 0.2) is 0 Å². The molecule has 21 heavy (non-hydrogen) atoms. The van der Waals surface area contributed by atoms with Crippen molar-refractivity contribution in [3.63, 3.8) is 0 Å². The average molecular weight is 278 g/mol. The number of hydrogen-bond donors (Lipinski definition) is 0. The zero-order chi connectivity index (χ0) is 14.7. The molecule has 0 saturated carbocycles. The molecule has 3 nitrogen and oxygen atoms in total. The van der Waals surface area contributed by atoms with Crippen molar-refractivity contribution < 1.29 is 9.15 Å². The Bertz CT molecular complexity index is 832. The molecule has 0 saturated heterocycles. The van der Waals surface area contributed by atoms with Crippen LogP contribution in [0.5, 0.6) is 5.75 Å². The lowest BCUT2D eigenvalue weighted by atomic mass is 10.1. The number of rotatable bonds is 4. The Morgan fingerprint density at radius 1 is 1.05 bits per heavy atom. The van der Waals surface area contributed by atoms with E-state index < -0.39 is 5.63 Å². The van der Waals surface area contributed by atoms with Crippen molar-refractivity contribution in [3.05, 3.63) is 82.7 Å². The molecule has 0 bridgehead atoms. The molecule has 3 rings (SSSR count). The van der Waals surface area contributed by atoms with E-state index in [4.69, 9.17) is 9.15 Å². The Balaban J connectivity index is 2.03. The quantitative estimate of drug-likeness (QED) is 0.677. The van der Waals surface area contributed by atoms with Gasteiger partial charge in [-0.25, -0.2) is 4.79 Å². The summed E-state index contributed by atoms with van der Waals surface area (Å²) in [6.45, 7) is 4.09. The fraction of sp³-hybridized carbons (Fsp3) is 0.0556. The number of fused-ring (bicyclic) bond motifs is 1. The second-order valence-corrected chi connectivity index (χ2v) is 4.61. The summed E-state index contributed by atoms with van der Waals surface area (Å²) in [5.41, 5.74) is 1.70. The average Bonchev–Trinajstić information content (AvgIpc) is 2.53. The summed E-state index contributed by atoms with van der Waals surface area (Å²) in [6, 6.07) is 17.0. The monoisotopic (exact) mass is 278 g/mol. The minimum absolute atomic E-state index is 0.201.